The lowest BCUT2D eigenvalue weighted by Gasteiger charge is -2.32. The predicted octanol–water partition coefficient (Wildman–Crippen LogP) is 4.55. The Hall–Kier alpha value is -2.60. The second-order valence-electron chi connectivity index (χ2n) is 7.82. The molecule has 1 fully saturated rings. The summed E-state index contributed by atoms with van der Waals surface area (Å²) in [7, 11) is 0. The molecule has 0 bridgehead atoms. The van der Waals surface area contributed by atoms with E-state index in [1.54, 1.807) is 29.2 Å². The summed E-state index contributed by atoms with van der Waals surface area (Å²) in [5.41, 5.74) is 0.798. The molecule has 0 spiro atoms. The average Bonchev–Trinajstić information content (AvgIpc) is 2.73. The van der Waals surface area contributed by atoms with Crippen molar-refractivity contribution in [1.82, 2.24) is 10.2 Å². The number of benzene rings is 2. The number of nitrogens with zero attached hydrogens (tertiary/aromatic N) is 1. The van der Waals surface area contributed by atoms with Gasteiger partial charge in [-0.1, -0.05) is 11.6 Å². The van der Waals surface area contributed by atoms with Gasteiger partial charge in [0, 0.05) is 24.7 Å². The van der Waals surface area contributed by atoms with Crippen molar-refractivity contribution < 1.29 is 18.7 Å². The number of nitrogens with one attached hydrogen (secondary N) is 1. The topological polar surface area (TPSA) is 58.6 Å². The first kappa shape index (κ1) is 22.1. The van der Waals surface area contributed by atoms with Crippen LogP contribution in [0.1, 0.15) is 47.4 Å². The van der Waals surface area contributed by atoms with E-state index in [0.29, 0.717) is 36.9 Å². The van der Waals surface area contributed by atoms with Crippen molar-refractivity contribution in [1.29, 1.82) is 0 Å². The summed E-state index contributed by atoms with van der Waals surface area (Å²) in [6.07, 6.45) is 1.60. The molecule has 2 amide bonds. The van der Waals surface area contributed by atoms with Crippen molar-refractivity contribution in [3.8, 4) is 5.75 Å². The van der Waals surface area contributed by atoms with Gasteiger partial charge >= 0.3 is 0 Å². The molecule has 1 saturated heterocycles. The normalized spacial score (nSPS) is 14.6. The van der Waals surface area contributed by atoms with Gasteiger partial charge in [0.25, 0.3) is 11.8 Å². The van der Waals surface area contributed by atoms with Crippen molar-refractivity contribution in [3.05, 3.63) is 64.4 Å². The zero-order valence-corrected chi connectivity index (χ0v) is 17.9. The molecule has 1 N–H and O–H groups in total. The van der Waals surface area contributed by atoms with Gasteiger partial charge in [0.2, 0.25) is 0 Å². The highest BCUT2D eigenvalue weighted by molar-refractivity contribution is 6.33. The van der Waals surface area contributed by atoms with Crippen LogP contribution in [0.4, 0.5) is 4.39 Å². The maximum absolute atomic E-state index is 13.5. The van der Waals surface area contributed by atoms with Gasteiger partial charge in [0.1, 0.15) is 11.6 Å². The van der Waals surface area contributed by atoms with E-state index < -0.39 is 5.82 Å². The second-order valence-corrected chi connectivity index (χ2v) is 8.23. The summed E-state index contributed by atoms with van der Waals surface area (Å²) in [6.45, 7) is 5.53. The lowest BCUT2D eigenvalue weighted by atomic mass is 9.97. The highest BCUT2D eigenvalue weighted by Gasteiger charge is 2.25. The average molecular weight is 433 g/mol. The molecule has 0 aromatic heterocycles. The molecule has 160 valence electrons. The Morgan fingerprint density at radius 2 is 1.83 bits per heavy atom. The lowest BCUT2D eigenvalue weighted by Crippen LogP contribution is -2.39. The molecule has 0 unspecified atom stereocenters. The largest absolute Gasteiger partial charge is 0.493 e. The molecular weight excluding hydrogens is 407 g/mol. The Balaban J connectivity index is 1.47. The molecular formula is C23H26ClFN2O3. The van der Waals surface area contributed by atoms with Gasteiger partial charge < -0.3 is 15.0 Å². The smallest absolute Gasteiger partial charge is 0.255 e. The van der Waals surface area contributed by atoms with Gasteiger partial charge in [-0.3, -0.25) is 9.59 Å². The number of hydrogen-bond acceptors (Lipinski definition) is 3. The van der Waals surface area contributed by atoms with Crippen LogP contribution in [0.2, 0.25) is 5.02 Å². The van der Waals surface area contributed by atoms with Crippen LogP contribution in [0.3, 0.4) is 0 Å². The van der Waals surface area contributed by atoms with Crippen LogP contribution in [0.5, 0.6) is 5.75 Å². The second kappa shape index (κ2) is 9.94. The van der Waals surface area contributed by atoms with Gasteiger partial charge in [-0.05, 0) is 75.1 Å². The van der Waals surface area contributed by atoms with E-state index in [1.807, 2.05) is 13.8 Å². The maximum atomic E-state index is 13.5. The van der Waals surface area contributed by atoms with Gasteiger partial charge in [0.05, 0.1) is 17.2 Å². The van der Waals surface area contributed by atoms with E-state index >= 15 is 0 Å². The van der Waals surface area contributed by atoms with E-state index in [-0.39, 0.29) is 28.4 Å². The Kier molecular flexibility index (Phi) is 7.32. The summed E-state index contributed by atoms with van der Waals surface area (Å²) in [4.78, 5) is 26.3. The third-order valence-electron chi connectivity index (χ3n) is 5.08. The van der Waals surface area contributed by atoms with Crippen LogP contribution in [0, 0.1) is 11.7 Å². The van der Waals surface area contributed by atoms with Crippen LogP contribution in [-0.2, 0) is 0 Å². The zero-order chi connectivity index (χ0) is 21.7. The van der Waals surface area contributed by atoms with Gasteiger partial charge in [-0.25, -0.2) is 4.39 Å². The van der Waals surface area contributed by atoms with E-state index in [4.69, 9.17) is 16.3 Å². The lowest BCUT2D eigenvalue weighted by molar-refractivity contribution is 0.0660. The fraction of sp³-hybridized carbons (Fsp3) is 0.391. The number of likely N-dealkylation sites (tertiary alicyclic amines) is 1. The molecule has 1 aliphatic heterocycles. The summed E-state index contributed by atoms with van der Waals surface area (Å²) in [5.74, 6) is 0.210. The van der Waals surface area contributed by atoms with Crippen molar-refractivity contribution in [2.45, 2.75) is 32.7 Å². The third kappa shape index (κ3) is 5.72. The minimum Gasteiger partial charge on any atom is -0.493 e. The number of carbonyl (C=O) groups is 2. The third-order valence-corrected chi connectivity index (χ3v) is 5.41. The quantitative estimate of drug-likeness (QED) is 0.728. The summed E-state index contributed by atoms with van der Waals surface area (Å²) in [6, 6.07) is 11.0. The number of amides is 2. The SMILES string of the molecule is CC(C)NC(=O)c1ccc(OCC2CCN(C(=O)c3cc(F)ccc3Cl)CC2)cc1. The van der Waals surface area contributed by atoms with Crippen LogP contribution < -0.4 is 10.1 Å². The first-order valence-corrected chi connectivity index (χ1v) is 10.5. The highest BCUT2D eigenvalue weighted by atomic mass is 35.5. The number of ether oxygens (including phenoxy) is 1. The Bertz CT molecular complexity index is 894. The van der Waals surface area contributed by atoms with Crippen LogP contribution in [0.15, 0.2) is 42.5 Å². The molecule has 1 heterocycles. The van der Waals surface area contributed by atoms with Crippen LogP contribution in [-0.4, -0.2) is 42.5 Å². The molecule has 3 rings (SSSR count). The first-order valence-electron chi connectivity index (χ1n) is 10.1. The summed E-state index contributed by atoms with van der Waals surface area (Å²) in [5, 5.41) is 3.11. The first-order chi connectivity index (χ1) is 14.3. The standard InChI is InChI=1S/C23H26ClFN2O3/c1-15(2)26-22(28)17-3-6-19(7-4-17)30-14-16-9-11-27(12-10-16)23(29)20-13-18(25)5-8-21(20)24/h3-8,13,15-16H,9-12,14H2,1-2H3,(H,26,28). The summed E-state index contributed by atoms with van der Waals surface area (Å²) < 4.78 is 19.3. The molecule has 0 atom stereocenters. The highest BCUT2D eigenvalue weighted by Crippen LogP contribution is 2.24. The molecule has 7 heteroatoms. The number of halogens is 2. The van der Waals surface area contributed by atoms with Crippen molar-refractivity contribution in [2.24, 2.45) is 5.92 Å². The molecule has 2 aromatic carbocycles. The van der Waals surface area contributed by atoms with Crippen LogP contribution >= 0.6 is 11.6 Å². The molecule has 0 aliphatic carbocycles. The van der Waals surface area contributed by atoms with E-state index in [9.17, 15) is 14.0 Å². The predicted molar refractivity (Wildman–Crippen MR) is 115 cm³/mol. The number of hydrogen-bond donors (Lipinski definition) is 1. The molecule has 2 aromatic rings. The fourth-order valence-electron chi connectivity index (χ4n) is 3.40. The Morgan fingerprint density at radius 1 is 1.17 bits per heavy atom. The van der Waals surface area contributed by atoms with Gasteiger partial charge in [0.15, 0.2) is 0 Å². The minimum atomic E-state index is -0.473. The van der Waals surface area contributed by atoms with E-state index in [1.165, 1.54) is 18.2 Å². The Morgan fingerprint density at radius 3 is 2.47 bits per heavy atom. The van der Waals surface area contributed by atoms with Crippen molar-refractivity contribution >= 4 is 23.4 Å². The van der Waals surface area contributed by atoms with Crippen molar-refractivity contribution in [3.63, 3.8) is 0 Å². The number of rotatable bonds is 6. The monoisotopic (exact) mass is 432 g/mol. The fourth-order valence-corrected chi connectivity index (χ4v) is 3.59. The van der Waals surface area contributed by atoms with Crippen molar-refractivity contribution in [2.75, 3.05) is 19.7 Å². The Labute approximate surface area is 181 Å². The number of carbonyl (C=O) groups excluding carboxylic acids is 2. The molecule has 1 aliphatic rings. The van der Waals surface area contributed by atoms with E-state index in [2.05, 4.69) is 5.32 Å². The van der Waals surface area contributed by atoms with Gasteiger partial charge in [-0.2, -0.15) is 0 Å². The van der Waals surface area contributed by atoms with Gasteiger partial charge in [-0.15, -0.1) is 0 Å². The molecule has 0 saturated carbocycles. The molecule has 5 nitrogen and oxygen atoms in total. The number of piperidine rings is 1. The zero-order valence-electron chi connectivity index (χ0n) is 17.2. The molecule has 0 radical (unpaired) electrons. The maximum Gasteiger partial charge on any atom is 0.255 e. The summed E-state index contributed by atoms with van der Waals surface area (Å²) >= 11 is 6.05. The molecule has 30 heavy (non-hydrogen) atoms. The minimum absolute atomic E-state index is 0.0862. The van der Waals surface area contributed by atoms with Crippen LogP contribution in [0.25, 0.3) is 0 Å². The van der Waals surface area contributed by atoms with E-state index in [0.717, 1.165) is 12.8 Å².